The number of hydrogen-bond acceptors (Lipinski definition) is 1. The molecular weight excluding hydrogens is 392 g/mol. The van der Waals surface area contributed by atoms with E-state index < -0.39 is 11.4 Å². The summed E-state index contributed by atoms with van der Waals surface area (Å²) in [6, 6.07) is 0. The SMILES string of the molecule is CCCCCCCCCCCCCCC(CC)(C(=O)O)C(CC)(CC)CCCCCCC. The zero-order chi connectivity index (χ0) is 24.1. The number of carbonyl (C=O) groups is 1. The number of carboxylic acids is 1. The van der Waals surface area contributed by atoms with Crippen LogP contribution in [-0.4, -0.2) is 11.1 Å². The lowest BCUT2D eigenvalue weighted by Crippen LogP contribution is -2.47. The van der Waals surface area contributed by atoms with Gasteiger partial charge >= 0.3 is 5.97 Å². The van der Waals surface area contributed by atoms with Crippen molar-refractivity contribution in [2.24, 2.45) is 10.8 Å². The standard InChI is InChI=1S/C30H60O2/c1-6-11-13-15-16-17-18-19-20-21-23-25-27-30(10-5,28(31)32)29(8-3,9-4)26-24-22-14-12-7-2/h6-27H2,1-5H3,(H,31,32). The highest BCUT2D eigenvalue weighted by atomic mass is 16.4. The van der Waals surface area contributed by atoms with Gasteiger partial charge in [-0.3, -0.25) is 4.79 Å². The molecule has 192 valence electrons. The fourth-order valence-electron chi connectivity index (χ4n) is 6.16. The van der Waals surface area contributed by atoms with Gasteiger partial charge in [-0.2, -0.15) is 0 Å². The molecule has 0 aromatic heterocycles. The van der Waals surface area contributed by atoms with Crippen molar-refractivity contribution in [1.82, 2.24) is 0 Å². The van der Waals surface area contributed by atoms with Crippen LogP contribution in [0.15, 0.2) is 0 Å². The molecule has 0 aliphatic rings. The first-order valence-electron chi connectivity index (χ1n) is 14.7. The van der Waals surface area contributed by atoms with Gasteiger partial charge in [0.2, 0.25) is 0 Å². The van der Waals surface area contributed by atoms with E-state index in [2.05, 4.69) is 34.6 Å². The van der Waals surface area contributed by atoms with Crippen LogP contribution in [-0.2, 0) is 4.79 Å². The van der Waals surface area contributed by atoms with Crippen molar-refractivity contribution in [3.8, 4) is 0 Å². The van der Waals surface area contributed by atoms with E-state index in [4.69, 9.17) is 0 Å². The maximum atomic E-state index is 12.7. The molecule has 0 amide bonds. The third-order valence-electron chi connectivity index (χ3n) is 8.60. The van der Waals surface area contributed by atoms with Crippen LogP contribution in [0.25, 0.3) is 0 Å². The highest BCUT2D eigenvalue weighted by Crippen LogP contribution is 2.54. The Balaban J connectivity index is 4.51. The monoisotopic (exact) mass is 452 g/mol. The third kappa shape index (κ3) is 11.1. The zero-order valence-electron chi connectivity index (χ0n) is 22.9. The number of unbranched alkanes of at least 4 members (excludes halogenated alkanes) is 15. The lowest BCUT2D eigenvalue weighted by atomic mass is 9.55. The first-order valence-corrected chi connectivity index (χ1v) is 14.7. The Kier molecular flexibility index (Phi) is 19.6. The van der Waals surface area contributed by atoms with E-state index in [9.17, 15) is 9.90 Å². The summed E-state index contributed by atoms with van der Waals surface area (Å²) in [6.45, 7) is 11.1. The van der Waals surface area contributed by atoms with Crippen molar-refractivity contribution < 1.29 is 9.90 Å². The Hall–Kier alpha value is -0.530. The number of rotatable bonds is 24. The van der Waals surface area contributed by atoms with Gasteiger partial charge in [-0.1, -0.05) is 144 Å². The lowest BCUT2D eigenvalue weighted by Gasteiger charge is -2.48. The molecule has 0 spiro atoms. The van der Waals surface area contributed by atoms with E-state index in [0.29, 0.717) is 0 Å². The molecule has 0 aromatic carbocycles. The van der Waals surface area contributed by atoms with Crippen molar-refractivity contribution >= 4 is 5.97 Å². The van der Waals surface area contributed by atoms with E-state index in [1.807, 2.05) is 0 Å². The van der Waals surface area contributed by atoms with Crippen LogP contribution in [0.2, 0.25) is 0 Å². The Morgan fingerprint density at radius 2 is 0.844 bits per heavy atom. The summed E-state index contributed by atoms with van der Waals surface area (Å²) in [5, 5.41) is 10.4. The second-order valence-corrected chi connectivity index (χ2v) is 10.5. The van der Waals surface area contributed by atoms with Gasteiger partial charge < -0.3 is 5.11 Å². The molecule has 0 aromatic rings. The second-order valence-electron chi connectivity index (χ2n) is 10.5. The van der Waals surface area contributed by atoms with Crippen molar-refractivity contribution in [3.05, 3.63) is 0 Å². The summed E-state index contributed by atoms with van der Waals surface area (Å²) < 4.78 is 0. The largest absolute Gasteiger partial charge is 0.481 e. The first-order chi connectivity index (χ1) is 15.5. The normalized spacial score (nSPS) is 13.9. The van der Waals surface area contributed by atoms with E-state index in [1.165, 1.54) is 103 Å². The molecule has 0 rings (SSSR count). The fourth-order valence-corrected chi connectivity index (χ4v) is 6.16. The van der Waals surface area contributed by atoms with E-state index >= 15 is 0 Å². The van der Waals surface area contributed by atoms with Crippen molar-refractivity contribution in [1.29, 1.82) is 0 Å². The quantitative estimate of drug-likeness (QED) is 0.148. The average molecular weight is 453 g/mol. The van der Waals surface area contributed by atoms with Gasteiger partial charge in [-0.05, 0) is 37.5 Å². The molecule has 2 heteroatoms. The smallest absolute Gasteiger partial charge is 0.310 e. The van der Waals surface area contributed by atoms with Crippen LogP contribution in [0.4, 0.5) is 0 Å². The molecule has 0 saturated heterocycles. The summed E-state index contributed by atoms with van der Waals surface area (Å²) >= 11 is 0. The minimum Gasteiger partial charge on any atom is -0.481 e. The van der Waals surface area contributed by atoms with Gasteiger partial charge in [0.1, 0.15) is 0 Å². The minimum atomic E-state index is -0.542. The second kappa shape index (κ2) is 19.9. The molecule has 0 radical (unpaired) electrons. The number of hydrogen-bond donors (Lipinski definition) is 1. The average Bonchev–Trinajstić information content (AvgIpc) is 2.80. The molecule has 0 fully saturated rings. The zero-order valence-corrected chi connectivity index (χ0v) is 22.9. The topological polar surface area (TPSA) is 37.3 Å². The summed E-state index contributed by atoms with van der Waals surface area (Å²) in [5.41, 5.74) is -0.586. The Labute approximate surface area is 202 Å². The molecule has 32 heavy (non-hydrogen) atoms. The van der Waals surface area contributed by atoms with E-state index in [-0.39, 0.29) is 5.41 Å². The van der Waals surface area contributed by atoms with Crippen LogP contribution >= 0.6 is 0 Å². The highest BCUT2D eigenvalue weighted by molar-refractivity contribution is 5.75. The molecule has 1 atom stereocenters. The summed E-state index contributed by atoms with van der Waals surface area (Å²) in [4.78, 5) is 12.7. The molecule has 0 bridgehead atoms. The van der Waals surface area contributed by atoms with Gasteiger partial charge in [0.15, 0.2) is 0 Å². The molecule has 1 N–H and O–H groups in total. The van der Waals surface area contributed by atoms with Crippen LogP contribution in [0, 0.1) is 10.8 Å². The Morgan fingerprint density at radius 3 is 1.16 bits per heavy atom. The van der Waals surface area contributed by atoms with Crippen LogP contribution in [0.5, 0.6) is 0 Å². The molecular formula is C30H60O2. The maximum Gasteiger partial charge on any atom is 0.310 e. The maximum absolute atomic E-state index is 12.7. The van der Waals surface area contributed by atoms with Crippen LogP contribution < -0.4 is 0 Å². The predicted molar refractivity (Wildman–Crippen MR) is 142 cm³/mol. The number of carboxylic acid groups (broad SMARTS) is 1. The molecule has 1 unspecified atom stereocenters. The Morgan fingerprint density at radius 1 is 0.500 bits per heavy atom. The minimum absolute atomic E-state index is 0.0441. The molecule has 0 saturated carbocycles. The third-order valence-corrected chi connectivity index (χ3v) is 8.60. The van der Waals surface area contributed by atoms with Gasteiger partial charge in [0.05, 0.1) is 5.41 Å². The Bertz CT molecular complexity index is 427. The van der Waals surface area contributed by atoms with Gasteiger partial charge in [-0.15, -0.1) is 0 Å². The van der Waals surface area contributed by atoms with Crippen LogP contribution in [0.3, 0.4) is 0 Å². The predicted octanol–water partition coefficient (Wildman–Crippen LogP) is 10.7. The van der Waals surface area contributed by atoms with Gasteiger partial charge in [0, 0.05) is 0 Å². The van der Waals surface area contributed by atoms with Crippen LogP contribution in [0.1, 0.15) is 176 Å². The summed E-state index contributed by atoms with van der Waals surface area (Å²) in [5.74, 6) is -0.527. The van der Waals surface area contributed by atoms with Gasteiger partial charge in [-0.25, -0.2) is 0 Å². The molecule has 2 nitrogen and oxygen atoms in total. The van der Waals surface area contributed by atoms with Crippen molar-refractivity contribution in [3.63, 3.8) is 0 Å². The molecule has 0 heterocycles. The molecule has 0 aliphatic carbocycles. The fraction of sp³-hybridized carbons (Fsp3) is 0.967. The molecule has 0 aliphatic heterocycles. The van der Waals surface area contributed by atoms with E-state index in [0.717, 1.165) is 38.5 Å². The van der Waals surface area contributed by atoms with Crippen molar-refractivity contribution in [2.75, 3.05) is 0 Å². The van der Waals surface area contributed by atoms with E-state index in [1.54, 1.807) is 0 Å². The van der Waals surface area contributed by atoms with Crippen molar-refractivity contribution in [2.45, 2.75) is 176 Å². The summed E-state index contributed by atoms with van der Waals surface area (Å²) in [7, 11) is 0. The lowest BCUT2D eigenvalue weighted by molar-refractivity contribution is -0.162. The highest BCUT2D eigenvalue weighted by Gasteiger charge is 2.52. The van der Waals surface area contributed by atoms with Gasteiger partial charge in [0.25, 0.3) is 0 Å². The summed E-state index contributed by atoms with van der Waals surface area (Å²) in [6.07, 6.45) is 27.0. The number of aliphatic carboxylic acids is 1. The first kappa shape index (κ1) is 31.5.